The average molecular weight is 482 g/mol. The summed E-state index contributed by atoms with van der Waals surface area (Å²) < 4.78 is 7.78. The molecule has 1 aromatic heterocycles. The Balaban J connectivity index is 1.54. The zero-order valence-electron chi connectivity index (χ0n) is 16.3. The molecule has 1 amide bonds. The third-order valence-electron chi connectivity index (χ3n) is 4.45. The molecule has 0 radical (unpaired) electrons. The van der Waals surface area contributed by atoms with Gasteiger partial charge in [-0.25, -0.2) is 4.98 Å². The second kappa shape index (κ2) is 8.80. The predicted octanol–water partition coefficient (Wildman–Crippen LogP) is 6.74. The Labute approximate surface area is 182 Å². The number of hydrogen-bond donors (Lipinski definition) is 1. The number of thiazole rings is 1. The Morgan fingerprint density at radius 2 is 1.96 bits per heavy atom. The molecule has 0 saturated heterocycles. The Morgan fingerprint density at radius 3 is 2.71 bits per heavy atom. The van der Waals surface area contributed by atoms with Crippen LogP contribution >= 0.6 is 38.9 Å². The van der Waals surface area contributed by atoms with Crippen LogP contribution < -0.4 is 10.1 Å². The number of amides is 1. The van der Waals surface area contributed by atoms with Crippen molar-refractivity contribution >= 4 is 60.1 Å². The number of fused-ring (bicyclic) bond motifs is 1. The number of halogens is 2. The molecule has 0 saturated carbocycles. The zero-order chi connectivity index (χ0) is 20.4. The normalized spacial score (nSPS) is 11.1. The molecule has 0 aliphatic heterocycles. The molecule has 0 unspecified atom stereocenters. The Kier molecular flexibility index (Phi) is 6.63. The summed E-state index contributed by atoms with van der Waals surface area (Å²) in [7, 11) is 0. The van der Waals surface area contributed by atoms with Crippen LogP contribution in [0.1, 0.15) is 35.1 Å². The van der Waals surface area contributed by atoms with Gasteiger partial charge in [-0.05, 0) is 84.4 Å². The fourth-order valence-corrected chi connectivity index (χ4v) is 4.77. The van der Waals surface area contributed by atoms with E-state index in [2.05, 4.69) is 45.3 Å². The second-order valence-corrected chi connectivity index (χ2v) is 9.09. The molecule has 0 atom stereocenters. The molecular weight excluding hydrogens is 460 g/mol. The van der Waals surface area contributed by atoms with E-state index in [1.54, 1.807) is 0 Å². The van der Waals surface area contributed by atoms with E-state index in [1.807, 2.05) is 26.8 Å². The van der Waals surface area contributed by atoms with Crippen molar-refractivity contribution in [3.05, 3.63) is 49.9 Å². The molecule has 0 fully saturated rings. The van der Waals surface area contributed by atoms with E-state index < -0.39 is 0 Å². The lowest BCUT2D eigenvalue weighted by atomic mass is 10.1. The number of carbonyl (C=O) groups is 1. The van der Waals surface area contributed by atoms with E-state index in [-0.39, 0.29) is 5.91 Å². The molecule has 3 rings (SSSR count). The summed E-state index contributed by atoms with van der Waals surface area (Å²) in [5.74, 6) is 0.691. The first-order valence-electron chi connectivity index (χ1n) is 9.02. The van der Waals surface area contributed by atoms with Gasteiger partial charge in [0, 0.05) is 11.4 Å². The van der Waals surface area contributed by atoms with Crippen LogP contribution in [-0.4, -0.2) is 17.5 Å². The average Bonchev–Trinajstić information content (AvgIpc) is 3.03. The van der Waals surface area contributed by atoms with Crippen molar-refractivity contribution in [2.45, 2.75) is 40.5 Å². The Morgan fingerprint density at radius 1 is 1.21 bits per heavy atom. The van der Waals surface area contributed by atoms with Crippen molar-refractivity contribution in [3.63, 3.8) is 0 Å². The first kappa shape index (κ1) is 21.1. The maximum atomic E-state index is 12.2. The van der Waals surface area contributed by atoms with Gasteiger partial charge in [0.1, 0.15) is 5.75 Å². The van der Waals surface area contributed by atoms with Gasteiger partial charge in [0.15, 0.2) is 5.13 Å². The van der Waals surface area contributed by atoms with Crippen molar-refractivity contribution in [3.8, 4) is 5.75 Å². The first-order valence-corrected chi connectivity index (χ1v) is 11.0. The summed E-state index contributed by atoms with van der Waals surface area (Å²) in [6, 6.07) is 6.10. The van der Waals surface area contributed by atoms with Gasteiger partial charge >= 0.3 is 0 Å². The molecule has 1 heterocycles. The van der Waals surface area contributed by atoms with E-state index >= 15 is 0 Å². The maximum Gasteiger partial charge on any atom is 0.226 e. The molecule has 2 aromatic carbocycles. The number of rotatable bonds is 6. The minimum Gasteiger partial charge on any atom is -0.492 e. The molecule has 0 spiro atoms. The fraction of sp³-hybridized carbons (Fsp3) is 0.333. The second-order valence-electron chi connectivity index (χ2n) is 6.89. The van der Waals surface area contributed by atoms with Crippen LogP contribution in [-0.2, 0) is 4.79 Å². The number of carbonyl (C=O) groups excluding carboxylic acids is 1. The van der Waals surface area contributed by atoms with Gasteiger partial charge in [-0.3, -0.25) is 4.79 Å². The number of nitrogens with one attached hydrogen (secondary N) is 1. The van der Waals surface area contributed by atoms with Gasteiger partial charge in [0.05, 0.1) is 21.3 Å². The number of nitrogens with zero attached hydrogens (tertiary/aromatic N) is 1. The largest absolute Gasteiger partial charge is 0.492 e. The third kappa shape index (κ3) is 4.67. The summed E-state index contributed by atoms with van der Waals surface area (Å²) in [6.45, 7) is 8.44. The van der Waals surface area contributed by atoms with Gasteiger partial charge < -0.3 is 10.1 Å². The number of hydrogen-bond acceptors (Lipinski definition) is 4. The van der Waals surface area contributed by atoms with Crippen molar-refractivity contribution in [2.24, 2.45) is 0 Å². The highest BCUT2D eigenvalue weighted by Crippen LogP contribution is 2.35. The molecule has 1 N–H and O–H groups in total. The molecule has 0 aliphatic rings. The van der Waals surface area contributed by atoms with Crippen LogP contribution in [0.4, 0.5) is 5.13 Å². The number of benzene rings is 2. The minimum atomic E-state index is -0.0560. The van der Waals surface area contributed by atoms with E-state index in [0.717, 1.165) is 42.2 Å². The monoisotopic (exact) mass is 480 g/mol. The Hall–Kier alpha value is -1.63. The molecule has 3 aromatic rings. The molecule has 28 heavy (non-hydrogen) atoms. The number of anilines is 1. The first-order chi connectivity index (χ1) is 13.3. The van der Waals surface area contributed by atoms with E-state index in [9.17, 15) is 4.79 Å². The fourth-order valence-electron chi connectivity index (χ4n) is 3.03. The topological polar surface area (TPSA) is 51.2 Å². The summed E-state index contributed by atoms with van der Waals surface area (Å²) >= 11 is 11.3. The zero-order valence-corrected chi connectivity index (χ0v) is 19.4. The SMILES string of the molecule is Cc1cc(C)c2nc(NC(=O)CCCOc3cc(C)c(Cl)c(C)c3Br)sc2c1. The van der Waals surface area contributed by atoms with Gasteiger partial charge in [0.2, 0.25) is 5.91 Å². The van der Waals surface area contributed by atoms with Crippen LogP contribution in [0.2, 0.25) is 5.02 Å². The summed E-state index contributed by atoms with van der Waals surface area (Å²) in [4.78, 5) is 16.8. The lowest BCUT2D eigenvalue weighted by Gasteiger charge is -2.13. The van der Waals surface area contributed by atoms with Crippen molar-refractivity contribution < 1.29 is 9.53 Å². The molecule has 0 bridgehead atoms. The summed E-state index contributed by atoms with van der Waals surface area (Å²) in [5, 5.41) is 4.28. The highest BCUT2D eigenvalue weighted by molar-refractivity contribution is 9.10. The highest BCUT2D eigenvalue weighted by atomic mass is 79.9. The summed E-state index contributed by atoms with van der Waals surface area (Å²) in [5.41, 5.74) is 5.20. The third-order valence-corrected chi connectivity index (χ3v) is 6.94. The van der Waals surface area contributed by atoms with Crippen LogP contribution in [0.25, 0.3) is 10.2 Å². The Bertz CT molecular complexity index is 1050. The van der Waals surface area contributed by atoms with E-state index in [4.69, 9.17) is 16.3 Å². The lowest BCUT2D eigenvalue weighted by molar-refractivity contribution is -0.116. The van der Waals surface area contributed by atoms with Crippen LogP contribution in [0.3, 0.4) is 0 Å². The van der Waals surface area contributed by atoms with Crippen molar-refractivity contribution in [1.82, 2.24) is 4.98 Å². The van der Waals surface area contributed by atoms with Gasteiger partial charge in [-0.15, -0.1) is 0 Å². The molecular formula is C21H22BrClN2O2S. The maximum absolute atomic E-state index is 12.2. The smallest absolute Gasteiger partial charge is 0.226 e. The van der Waals surface area contributed by atoms with Crippen LogP contribution in [0, 0.1) is 27.7 Å². The van der Waals surface area contributed by atoms with Gasteiger partial charge in [-0.2, -0.15) is 0 Å². The summed E-state index contributed by atoms with van der Waals surface area (Å²) in [6.07, 6.45) is 0.985. The van der Waals surface area contributed by atoms with Crippen molar-refractivity contribution in [1.29, 1.82) is 0 Å². The number of ether oxygens (including phenoxy) is 1. The number of aromatic nitrogens is 1. The van der Waals surface area contributed by atoms with E-state index in [1.165, 1.54) is 16.9 Å². The van der Waals surface area contributed by atoms with Crippen molar-refractivity contribution in [2.75, 3.05) is 11.9 Å². The van der Waals surface area contributed by atoms with E-state index in [0.29, 0.717) is 24.6 Å². The molecule has 7 heteroatoms. The molecule has 0 aliphatic carbocycles. The molecule has 148 valence electrons. The molecule has 4 nitrogen and oxygen atoms in total. The minimum absolute atomic E-state index is 0.0560. The highest BCUT2D eigenvalue weighted by Gasteiger charge is 2.12. The van der Waals surface area contributed by atoms with Gasteiger partial charge in [0.25, 0.3) is 0 Å². The van der Waals surface area contributed by atoms with Crippen LogP contribution in [0.15, 0.2) is 22.7 Å². The quantitative estimate of drug-likeness (QED) is 0.396. The van der Waals surface area contributed by atoms with Gasteiger partial charge in [-0.1, -0.05) is 29.0 Å². The lowest BCUT2D eigenvalue weighted by Crippen LogP contribution is -2.12. The van der Waals surface area contributed by atoms with Crippen LogP contribution in [0.5, 0.6) is 5.75 Å². The number of aryl methyl sites for hydroxylation is 3. The standard InChI is InChI=1S/C21H22BrClN2O2S/c1-11-8-13(3)20-16(9-11)28-21(25-20)24-17(26)6-5-7-27-15-10-12(2)19(23)14(4)18(15)22/h8-10H,5-7H2,1-4H3,(H,24,25,26). The predicted molar refractivity (Wildman–Crippen MR) is 121 cm³/mol.